The fourth-order valence-electron chi connectivity index (χ4n) is 2.42. The van der Waals surface area contributed by atoms with Crippen molar-refractivity contribution in [1.82, 2.24) is 5.32 Å². The van der Waals surface area contributed by atoms with Crippen molar-refractivity contribution < 1.29 is 19.0 Å². The predicted molar refractivity (Wildman–Crippen MR) is 77.7 cm³/mol. The van der Waals surface area contributed by atoms with E-state index in [4.69, 9.17) is 14.2 Å². The van der Waals surface area contributed by atoms with Gasteiger partial charge in [0.25, 0.3) is 0 Å². The van der Waals surface area contributed by atoms with Crippen molar-refractivity contribution in [3.63, 3.8) is 0 Å². The molecule has 0 saturated carbocycles. The van der Waals surface area contributed by atoms with Crippen molar-refractivity contribution in [1.29, 1.82) is 0 Å². The van der Waals surface area contributed by atoms with E-state index in [1.165, 1.54) is 6.42 Å². The molecule has 2 atom stereocenters. The third-order valence-electron chi connectivity index (χ3n) is 3.30. The monoisotopic (exact) mass is 287 g/mol. The molecular formula is C15H29NO4. The summed E-state index contributed by atoms with van der Waals surface area (Å²) in [6.45, 7) is 9.66. The Bertz CT molecular complexity index is 290. The van der Waals surface area contributed by atoms with E-state index in [0.29, 0.717) is 19.8 Å². The van der Waals surface area contributed by atoms with Gasteiger partial charge >= 0.3 is 5.97 Å². The highest BCUT2D eigenvalue weighted by Gasteiger charge is 2.35. The van der Waals surface area contributed by atoms with Gasteiger partial charge in [0, 0.05) is 12.6 Å². The van der Waals surface area contributed by atoms with Gasteiger partial charge in [-0.25, -0.2) is 4.79 Å². The maximum Gasteiger partial charge on any atom is 0.328 e. The third kappa shape index (κ3) is 5.77. The lowest BCUT2D eigenvalue weighted by molar-refractivity contribution is -0.154. The summed E-state index contributed by atoms with van der Waals surface area (Å²) in [5.74, 6) is -0.265. The number of carbonyl (C=O) groups excluding carboxylic acids is 1. The normalized spacial score (nSPS) is 22.6. The summed E-state index contributed by atoms with van der Waals surface area (Å²) in [6, 6.07) is 0.180. The van der Waals surface area contributed by atoms with E-state index < -0.39 is 5.54 Å². The second-order valence-electron chi connectivity index (χ2n) is 5.86. The predicted octanol–water partition coefficient (Wildman–Crippen LogP) is 1.89. The van der Waals surface area contributed by atoms with Crippen LogP contribution in [0.3, 0.4) is 0 Å². The highest BCUT2D eigenvalue weighted by atomic mass is 16.5. The molecule has 0 amide bonds. The van der Waals surface area contributed by atoms with Gasteiger partial charge in [-0.05, 0) is 47.0 Å². The minimum atomic E-state index is -0.807. The van der Waals surface area contributed by atoms with E-state index >= 15 is 0 Å². The number of nitrogens with one attached hydrogen (secondary N) is 1. The zero-order valence-electron chi connectivity index (χ0n) is 13.2. The van der Waals surface area contributed by atoms with Gasteiger partial charge in [0.15, 0.2) is 0 Å². The van der Waals surface area contributed by atoms with Crippen LogP contribution in [0.25, 0.3) is 0 Å². The summed E-state index contributed by atoms with van der Waals surface area (Å²) in [6.07, 6.45) is 3.52. The van der Waals surface area contributed by atoms with Crippen molar-refractivity contribution in [3.8, 4) is 0 Å². The Kier molecular flexibility index (Phi) is 7.48. The molecule has 118 valence electrons. The number of hydrogen-bond acceptors (Lipinski definition) is 5. The topological polar surface area (TPSA) is 56.8 Å². The molecule has 1 fully saturated rings. The number of ether oxygens (including phenoxy) is 3. The van der Waals surface area contributed by atoms with Crippen LogP contribution < -0.4 is 5.32 Å². The molecule has 5 heteroatoms. The second-order valence-corrected chi connectivity index (χ2v) is 5.86. The van der Waals surface area contributed by atoms with Crippen LogP contribution in [0.1, 0.15) is 47.0 Å². The number of hydrogen-bond donors (Lipinski definition) is 1. The van der Waals surface area contributed by atoms with Crippen molar-refractivity contribution >= 4 is 5.97 Å². The number of rotatable bonds is 8. The Balaban J connectivity index is 2.44. The van der Waals surface area contributed by atoms with Crippen LogP contribution in [0, 0.1) is 0 Å². The minimum absolute atomic E-state index is 0.161. The van der Waals surface area contributed by atoms with Gasteiger partial charge in [-0.3, -0.25) is 5.32 Å². The van der Waals surface area contributed by atoms with E-state index in [9.17, 15) is 4.79 Å². The van der Waals surface area contributed by atoms with Gasteiger partial charge in [0.1, 0.15) is 5.54 Å². The molecule has 1 aliphatic heterocycles. The van der Waals surface area contributed by atoms with Gasteiger partial charge < -0.3 is 14.2 Å². The van der Waals surface area contributed by atoms with Crippen LogP contribution in [0.5, 0.6) is 0 Å². The molecule has 0 aromatic heterocycles. The summed E-state index contributed by atoms with van der Waals surface area (Å²) in [5, 5.41) is 3.24. The molecular weight excluding hydrogens is 258 g/mol. The molecule has 1 N–H and O–H groups in total. The Morgan fingerprint density at radius 3 is 2.75 bits per heavy atom. The van der Waals surface area contributed by atoms with Crippen LogP contribution in [0.15, 0.2) is 0 Å². The Labute approximate surface area is 122 Å². The average molecular weight is 287 g/mol. The maximum atomic E-state index is 12.1. The molecule has 2 unspecified atom stereocenters. The third-order valence-corrected chi connectivity index (χ3v) is 3.30. The van der Waals surface area contributed by atoms with Crippen LogP contribution in [0.2, 0.25) is 0 Å². The molecule has 1 heterocycles. The van der Waals surface area contributed by atoms with Crippen LogP contribution in [-0.2, 0) is 19.0 Å². The van der Waals surface area contributed by atoms with E-state index in [0.717, 1.165) is 19.4 Å². The first kappa shape index (κ1) is 17.4. The van der Waals surface area contributed by atoms with Gasteiger partial charge in [-0.1, -0.05) is 0 Å². The maximum absolute atomic E-state index is 12.1. The number of carbonyl (C=O) groups is 1. The lowest BCUT2D eigenvalue weighted by Crippen LogP contribution is -2.56. The van der Waals surface area contributed by atoms with E-state index in [-0.39, 0.29) is 18.1 Å². The molecule has 20 heavy (non-hydrogen) atoms. The summed E-state index contributed by atoms with van der Waals surface area (Å²) >= 11 is 0. The summed E-state index contributed by atoms with van der Waals surface area (Å²) < 4.78 is 16.5. The van der Waals surface area contributed by atoms with Crippen LogP contribution >= 0.6 is 0 Å². The molecule has 0 bridgehead atoms. The lowest BCUT2D eigenvalue weighted by Gasteiger charge is -2.31. The highest BCUT2D eigenvalue weighted by Crippen LogP contribution is 2.15. The van der Waals surface area contributed by atoms with Crippen LogP contribution in [0.4, 0.5) is 0 Å². The molecule has 1 rings (SSSR count). The summed E-state index contributed by atoms with van der Waals surface area (Å²) in [7, 11) is 0. The smallest absolute Gasteiger partial charge is 0.328 e. The fraction of sp³-hybridized carbons (Fsp3) is 0.933. The molecule has 1 saturated heterocycles. The summed E-state index contributed by atoms with van der Waals surface area (Å²) in [4.78, 5) is 12.1. The fourth-order valence-corrected chi connectivity index (χ4v) is 2.42. The zero-order chi connectivity index (χ0) is 15.0. The summed E-state index contributed by atoms with van der Waals surface area (Å²) in [5.41, 5.74) is -0.807. The largest absolute Gasteiger partial charge is 0.465 e. The van der Waals surface area contributed by atoms with Gasteiger partial charge in [-0.15, -0.1) is 0 Å². The molecule has 0 aliphatic carbocycles. The average Bonchev–Trinajstić information content (AvgIpc) is 2.39. The van der Waals surface area contributed by atoms with Gasteiger partial charge in [0.05, 0.1) is 25.9 Å². The molecule has 0 aromatic rings. The standard InChI is InChI=1S/C15H29NO4/c1-5-19-14(17)15(4,16-12(2)3)11-18-10-13-8-6-7-9-20-13/h12-13,16H,5-11H2,1-4H3. The molecule has 5 nitrogen and oxygen atoms in total. The second kappa shape index (κ2) is 8.60. The van der Waals surface area contributed by atoms with Gasteiger partial charge in [0.2, 0.25) is 0 Å². The van der Waals surface area contributed by atoms with E-state index in [1.807, 2.05) is 27.7 Å². The molecule has 0 aromatic carbocycles. The van der Waals surface area contributed by atoms with Crippen molar-refractivity contribution in [2.24, 2.45) is 0 Å². The molecule has 0 spiro atoms. The Hall–Kier alpha value is -0.650. The van der Waals surface area contributed by atoms with Crippen molar-refractivity contribution in [3.05, 3.63) is 0 Å². The molecule has 1 aliphatic rings. The zero-order valence-corrected chi connectivity index (χ0v) is 13.2. The quantitative estimate of drug-likeness (QED) is 0.691. The van der Waals surface area contributed by atoms with Crippen molar-refractivity contribution in [2.75, 3.05) is 26.4 Å². The van der Waals surface area contributed by atoms with E-state index in [2.05, 4.69) is 5.32 Å². The first-order valence-corrected chi connectivity index (χ1v) is 7.62. The number of esters is 1. The first-order chi connectivity index (χ1) is 9.48. The minimum Gasteiger partial charge on any atom is -0.465 e. The van der Waals surface area contributed by atoms with Crippen LogP contribution in [-0.4, -0.2) is 50.1 Å². The molecule has 0 radical (unpaired) electrons. The van der Waals surface area contributed by atoms with Crippen molar-refractivity contribution in [2.45, 2.75) is 64.6 Å². The van der Waals surface area contributed by atoms with E-state index in [1.54, 1.807) is 0 Å². The Morgan fingerprint density at radius 2 is 2.20 bits per heavy atom. The Morgan fingerprint density at radius 1 is 1.45 bits per heavy atom. The lowest BCUT2D eigenvalue weighted by atomic mass is 10.0. The van der Waals surface area contributed by atoms with Gasteiger partial charge in [-0.2, -0.15) is 0 Å². The highest BCUT2D eigenvalue weighted by molar-refractivity contribution is 5.80. The first-order valence-electron chi connectivity index (χ1n) is 7.62. The SMILES string of the molecule is CCOC(=O)C(C)(COCC1CCCCO1)NC(C)C.